The van der Waals surface area contributed by atoms with Gasteiger partial charge in [-0.15, -0.1) is 5.10 Å². The van der Waals surface area contributed by atoms with Gasteiger partial charge in [0, 0.05) is 19.2 Å². The first-order chi connectivity index (χ1) is 12.1. The highest BCUT2D eigenvalue weighted by molar-refractivity contribution is 5.95. The Labute approximate surface area is 143 Å². The third-order valence-electron chi connectivity index (χ3n) is 3.70. The number of H-pyrrole nitrogens is 1. The largest absolute Gasteiger partial charge is 0.351 e. The van der Waals surface area contributed by atoms with Crippen LogP contribution in [0.5, 0.6) is 0 Å². The van der Waals surface area contributed by atoms with E-state index in [1.807, 2.05) is 25.3 Å². The van der Waals surface area contributed by atoms with Gasteiger partial charge in [0.25, 0.3) is 11.9 Å². The molecule has 0 saturated carbocycles. The summed E-state index contributed by atoms with van der Waals surface area (Å²) >= 11 is 0. The predicted molar refractivity (Wildman–Crippen MR) is 89.0 cm³/mol. The molecule has 3 rings (SSSR count). The fraction of sp³-hybridized carbons (Fsp3) is 0.333. The van der Waals surface area contributed by atoms with Crippen molar-refractivity contribution >= 4 is 23.4 Å². The number of nitrogens with one attached hydrogen (secondary N) is 3. The second kappa shape index (κ2) is 7.07. The summed E-state index contributed by atoms with van der Waals surface area (Å²) in [5.74, 6) is -0.322. The summed E-state index contributed by atoms with van der Waals surface area (Å²) in [6.07, 6.45) is 2.54. The standard InChI is InChI=1S/C15H18N8O2/c1-9-5-4-8-23-12(10(2)17-13(9)23)14(25)16-7-3-6-11(24)18-15-19-21-22-20-15/h4-5,8H,3,6-7H2,1-2H3,(H,16,25)(H2,18,19,20,21,22,24). The molecule has 0 unspecified atom stereocenters. The van der Waals surface area contributed by atoms with E-state index in [1.54, 1.807) is 11.3 Å². The van der Waals surface area contributed by atoms with Crippen LogP contribution in [0, 0.1) is 13.8 Å². The molecule has 0 aliphatic heterocycles. The molecule has 3 heterocycles. The van der Waals surface area contributed by atoms with Gasteiger partial charge in [0.2, 0.25) is 5.91 Å². The lowest BCUT2D eigenvalue weighted by molar-refractivity contribution is -0.116. The second-order valence-electron chi connectivity index (χ2n) is 5.57. The summed E-state index contributed by atoms with van der Waals surface area (Å²) < 4.78 is 1.78. The molecule has 0 atom stereocenters. The van der Waals surface area contributed by atoms with Crippen LogP contribution in [0.1, 0.15) is 34.6 Å². The predicted octanol–water partition coefficient (Wildman–Crippen LogP) is 0.613. The lowest BCUT2D eigenvalue weighted by atomic mass is 10.2. The number of fused-ring (bicyclic) bond motifs is 1. The first-order valence-corrected chi connectivity index (χ1v) is 7.82. The highest BCUT2D eigenvalue weighted by Gasteiger charge is 2.17. The molecule has 0 fully saturated rings. The van der Waals surface area contributed by atoms with E-state index in [-0.39, 0.29) is 24.2 Å². The van der Waals surface area contributed by atoms with Crippen LogP contribution in [0.15, 0.2) is 18.3 Å². The molecule has 0 aromatic carbocycles. The van der Waals surface area contributed by atoms with Crippen molar-refractivity contribution in [1.82, 2.24) is 35.3 Å². The number of anilines is 1. The number of nitrogens with zero attached hydrogens (tertiary/aromatic N) is 5. The van der Waals surface area contributed by atoms with Crippen LogP contribution in [0.25, 0.3) is 5.65 Å². The molecule has 0 aliphatic carbocycles. The maximum atomic E-state index is 12.4. The quantitative estimate of drug-likeness (QED) is 0.563. The summed E-state index contributed by atoms with van der Waals surface area (Å²) in [4.78, 5) is 28.6. The van der Waals surface area contributed by atoms with Crippen molar-refractivity contribution < 1.29 is 9.59 Å². The van der Waals surface area contributed by atoms with Crippen molar-refractivity contribution in [3.63, 3.8) is 0 Å². The van der Waals surface area contributed by atoms with E-state index >= 15 is 0 Å². The zero-order valence-corrected chi connectivity index (χ0v) is 13.9. The molecule has 2 amide bonds. The molecule has 10 nitrogen and oxygen atoms in total. The van der Waals surface area contributed by atoms with Crippen LogP contribution in [0.4, 0.5) is 5.95 Å². The van der Waals surface area contributed by atoms with Gasteiger partial charge in [-0.1, -0.05) is 11.2 Å². The Bertz CT molecular complexity index is 900. The average molecular weight is 342 g/mol. The molecule has 25 heavy (non-hydrogen) atoms. The molecule has 0 bridgehead atoms. The van der Waals surface area contributed by atoms with Crippen molar-refractivity contribution in [3.05, 3.63) is 35.3 Å². The van der Waals surface area contributed by atoms with Crippen LogP contribution in [-0.4, -0.2) is 48.4 Å². The minimum atomic E-state index is -0.239. The van der Waals surface area contributed by atoms with Crippen LogP contribution >= 0.6 is 0 Å². The molecule has 130 valence electrons. The number of carbonyl (C=O) groups excluding carboxylic acids is 2. The molecular weight excluding hydrogens is 324 g/mol. The molecule has 3 aromatic heterocycles. The molecule has 0 spiro atoms. The van der Waals surface area contributed by atoms with E-state index in [4.69, 9.17) is 0 Å². The maximum Gasteiger partial charge on any atom is 0.270 e. The zero-order valence-electron chi connectivity index (χ0n) is 13.9. The van der Waals surface area contributed by atoms with Crippen molar-refractivity contribution in [2.45, 2.75) is 26.7 Å². The SMILES string of the molecule is Cc1nc2c(C)cccn2c1C(=O)NCCCC(=O)Nc1nn[nH]n1. The highest BCUT2D eigenvalue weighted by Crippen LogP contribution is 2.15. The van der Waals surface area contributed by atoms with E-state index in [0.29, 0.717) is 24.4 Å². The maximum absolute atomic E-state index is 12.4. The van der Waals surface area contributed by atoms with Gasteiger partial charge in [0.1, 0.15) is 11.3 Å². The minimum Gasteiger partial charge on any atom is -0.351 e. The van der Waals surface area contributed by atoms with Crippen LogP contribution in [0.2, 0.25) is 0 Å². The van der Waals surface area contributed by atoms with Gasteiger partial charge < -0.3 is 5.32 Å². The summed E-state index contributed by atoms with van der Waals surface area (Å²) in [6, 6.07) is 3.83. The van der Waals surface area contributed by atoms with Gasteiger partial charge in [-0.25, -0.2) is 4.98 Å². The van der Waals surface area contributed by atoms with Gasteiger partial charge in [-0.3, -0.25) is 19.3 Å². The normalized spacial score (nSPS) is 10.8. The fourth-order valence-corrected chi connectivity index (χ4v) is 2.53. The number of carbonyl (C=O) groups is 2. The van der Waals surface area contributed by atoms with Gasteiger partial charge in [0.15, 0.2) is 0 Å². The Morgan fingerprint density at radius 1 is 1.32 bits per heavy atom. The van der Waals surface area contributed by atoms with Crippen molar-refractivity contribution in [3.8, 4) is 0 Å². The molecule has 0 radical (unpaired) electrons. The van der Waals surface area contributed by atoms with E-state index in [9.17, 15) is 9.59 Å². The van der Waals surface area contributed by atoms with Gasteiger partial charge in [0.05, 0.1) is 5.69 Å². The highest BCUT2D eigenvalue weighted by atomic mass is 16.2. The van der Waals surface area contributed by atoms with E-state index in [2.05, 4.69) is 36.2 Å². The number of hydrogen-bond acceptors (Lipinski definition) is 6. The second-order valence-corrected chi connectivity index (χ2v) is 5.57. The number of rotatable bonds is 6. The van der Waals surface area contributed by atoms with Gasteiger partial charge in [-0.2, -0.15) is 5.21 Å². The number of hydrogen-bond donors (Lipinski definition) is 3. The summed E-state index contributed by atoms with van der Waals surface area (Å²) in [5, 5.41) is 18.2. The lowest BCUT2D eigenvalue weighted by Gasteiger charge is -2.06. The van der Waals surface area contributed by atoms with Crippen molar-refractivity contribution in [2.75, 3.05) is 11.9 Å². The van der Waals surface area contributed by atoms with Crippen LogP contribution < -0.4 is 10.6 Å². The van der Waals surface area contributed by atoms with Crippen LogP contribution in [0.3, 0.4) is 0 Å². The monoisotopic (exact) mass is 342 g/mol. The summed E-state index contributed by atoms with van der Waals surface area (Å²) in [5.41, 5.74) is 2.95. The third kappa shape index (κ3) is 3.62. The van der Waals surface area contributed by atoms with Crippen molar-refractivity contribution in [2.24, 2.45) is 0 Å². The Balaban J connectivity index is 1.54. The van der Waals surface area contributed by atoms with E-state index in [1.165, 1.54) is 0 Å². The fourth-order valence-electron chi connectivity index (χ4n) is 2.53. The smallest absolute Gasteiger partial charge is 0.270 e. The molecule has 0 aliphatic rings. The summed E-state index contributed by atoms with van der Waals surface area (Å²) in [6.45, 7) is 4.13. The van der Waals surface area contributed by atoms with Gasteiger partial charge in [-0.05, 0) is 37.1 Å². The van der Waals surface area contributed by atoms with Gasteiger partial charge >= 0.3 is 0 Å². The number of imidazole rings is 1. The Morgan fingerprint density at radius 2 is 2.16 bits per heavy atom. The lowest BCUT2D eigenvalue weighted by Crippen LogP contribution is -2.27. The number of aromatic amines is 1. The van der Waals surface area contributed by atoms with E-state index in [0.717, 1.165) is 11.2 Å². The minimum absolute atomic E-state index is 0.130. The third-order valence-corrected chi connectivity index (χ3v) is 3.70. The molecular formula is C15H18N8O2. The average Bonchev–Trinajstić information content (AvgIpc) is 3.19. The van der Waals surface area contributed by atoms with E-state index < -0.39 is 0 Å². The number of amides is 2. The summed E-state index contributed by atoms with van der Waals surface area (Å²) in [7, 11) is 0. The van der Waals surface area contributed by atoms with Crippen molar-refractivity contribution in [1.29, 1.82) is 0 Å². The molecule has 0 saturated heterocycles. The first kappa shape index (κ1) is 16.6. The first-order valence-electron chi connectivity index (χ1n) is 7.82. The molecule has 3 N–H and O–H groups in total. The number of pyridine rings is 1. The number of tetrazole rings is 1. The zero-order chi connectivity index (χ0) is 17.8. The topological polar surface area (TPSA) is 130 Å². The number of aromatic nitrogens is 6. The Hall–Kier alpha value is -3.30. The van der Waals surface area contributed by atoms with Crippen LogP contribution in [-0.2, 0) is 4.79 Å². The molecule has 3 aromatic rings. The Morgan fingerprint density at radius 3 is 2.92 bits per heavy atom. The number of aryl methyl sites for hydroxylation is 2. The Kier molecular flexibility index (Phi) is 4.68. The molecule has 10 heteroatoms.